The van der Waals surface area contributed by atoms with Crippen molar-refractivity contribution in [1.29, 1.82) is 0 Å². The van der Waals surface area contributed by atoms with E-state index in [-0.39, 0.29) is 0 Å². The molecule has 3 heteroatoms. The second kappa shape index (κ2) is 7.04. The van der Waals surface area contributed by atoms with Gasteiger partial charge in [0.2, 0.25) is 0 Å². The largest absolute Gasteiger partial charge is 0.380 e. The third-order valence-electron chi connectivity index (χ3n) is 4.04. The molecule has 1 fully saturated rings. The third-order valence-corrected chi connectivity index (χ3v) is 4.04. The SMILES string of the molecule is CCNC1CCOCC1N(C)Cc1ccccc1C. The molecule has 1 aromatic rings. The number of hydrogen-bond acceptors (Lipinski definition) is 3. The number of hydrogen-bond donors (Lipinski definition) is 1. The highest BCUT2D eigenvalue weighted by Crippen LogP contribution is 2.17. The van der Waals surface area contributed by atoms with Crippen LogP contribution in [-0.4, -0.2) is 43.8 Å². The molecule has 1 aromatic carbocycles. The van der Waals surface area contributed by atoms with Crippen LogP contribution in [0, 0.1) is 6.92 Å². The highest BCUT2D eigenvalue weighted by atomic mass is 16.5. The van der Waals surface area contributed by atoms with Gasteiger partial charge in [0, 0.05) is 25.2 Å². The van der Waals surface area contributed by atoms with Crippen LogP contribution in [-0.2, 0) is 11.3 Å². The van der Waals surface area contributed by atoms with Crippen LogP contribution in [0.5, 0.6) is 0 Å². The Kier molecular flexibility index (Phi) is 5.37. The van der Waals surface area contributed by atoms with Crippen LogP contribution >= 0.6 is 0 Å². The van der Waals surface area contributed by atoms with E-state index in [2.05, 4.69) is 55.4 Å². The van der Waals surface area contributed by atoms with Crippen molar-refractivity contribution in [3.63, 3.8) is 0 Å². The summed E-state index contributed by atoms with van der Waals surface area (Å²) in [5.74, 6) is 0. The van der Waals surface area contributed by atoms with Gasteiger partial charge in [0.25, 0.3) is 0 Å². The Morgan fingerprint density at radius 2 is 2.16 bits per heavy atom. The Morgan fingerprint density at radius 3 is 2.89 bits per heavy atom. The van der Waals surface area contributed by atoms with Crippen LogP contribution < -0.4 is 5.32 Å². The normalized spacial score (nSPS) is 23.8. The quantitative estimate of drug-likeness (QED) is 0.880. The lowest BCUT2D eigenvalue weighted by atomic mass is 10.0. The fourth-order valence-corrected chi connectivity index (χ4v) is 2.83. The van der Waals surface area contributed by atoms with E-state index >= 15 is 0 Å². The lowest BCUT2D eigenvalue weighted by molar-refractivity contribution is 0.00379. The molecule has 19 heavy (non-hydrogen) atoms. The molecule has 106 valence electrons. The Labute approximate surface area is 116 Å². The monoisotopic (exact) mass is 262 g/mol. The lowest BCUT2D eigenvalue weighted by Crippen LogP contribution is -2.53. The van der Waals surface area contributed by atoms with Crippen molar-refractivity contribution in [1.82, 2.24) is 10.2 Å². The van der Waals surface area contributed by atoms with Gasteiger partial charge in [0.1, 0.15) is 0 Å². The highest BCUT2D eigenvalue weighted by Gasteiger charge is 2.28. The topological polar surface area (TPSA) is 24.5 Å². The van der Waals surface area contributed by atoms with E-state index < -0.39 is 0 Å². The molecule has 2 atom stereocenters. The van der Waals surface area contributed by atoms with Gasteiger partial charge in [-0.1, -0.05) is 31.2 Å². The van der Waals surface area contributed by atoms with Crippen LogP contribution in [0.3, 0.4) is 0 Å². The van der Waals surface area contributed by atoms with E-state index in [1.807, 2.05) is 0 Å². The summed E-state index contributed by atoms with van der Waals surface area (Å²) in [6.07, 6.45) is 1.11. The Bertz CT molecular complexity index is 392. The summed E-state index contributed by atoms with van der Waals surface area (Å²) < 4.78 is 5.67. The first-order valence-electron chi connectivity index (χ1n) is 7.28. The highest BCUT2D eigenvalue weighted by molar-refractivity contribution is 5.25. The van der Waals surface area contributed by atoms with Crippen molar-refractivity contribution in [3.05, 3.63) is 35.4 Å². The Morgan fingerprint density at radius 1 is 1.37 bits per heavy atom. The molecule has 1 heterocycles. The number of nitrogens with zero attached hydrogens (tertiary/aromatic N) is 1. The van der Waals surface area contributed by atoms with Crippen LogP contribution in [0.1, 0.15) is 24.5 Å². The predicted molar refractivity (Wildman–Crippen MR) is 79.3 cm³/mol. The summed E-state index contributed by atoms with van der Waals surface area (Å²) in [6.45, 7) is 8.09. The Hall–Kier alpha value is -0.900. The first kappa shape index (κ1) is 14.5. The molecule has 0 saturated carbocycles. The summed E-state index contributed by atoms with van der Waals surface area (Å²) in [5.41, 5.74) is 2.77. The Balaban J connectivity index is 2.01. The second-order valence-electron chi connectivity index (χ2n) is 5.44. The molecular weight excluding hydrogens is 236 g/mol. The standard InChI is InChI=1S/C16H26N2O/c1-4-17-15-9-10-19-12-16(15)18(3)11-14-8-6-5-7-13(14)2/h5-8,15-17H,4,9-12H2,1-3H3. The minimum absolute atomic E-state index is 0.466. The first-order chi connectivity index (χ1) is 9.22. The average molecular weight is 262 g/mol. The van der Waals surface area contributed by atoms with Crippen molar-refractivity contribution >= 4 is 0 Å². The van der Waals surface area contributed by atoms with E-state index in [0.29, 0.717) is 12.1 Å². The number of benzene rings is 1. The summed E-state index contributed by atoms with van der Waals surface area (Å²) in [6, 6.07) is 9.64. The maximum atomic E-state index is 5.67. The summed E-state index contributed by atoms with van der Waals surface area (Å²) in [7, 11) is 2.20. The van der Waals surface area contributed by atoms with E-state index in [1.54, 1.807) is 0 Å². The molecule has 0 spiro atoms. The minimum atomic E-state index is 0.466. The molecule has 2 unspecified atom stereocenters. The molecule has 0 radical (unpaired) electrons. The zero-order chi connectivity index (χ0) is 13.7. The van der Waals surface area contributed by atoms with Gasteiger partial charge in [-0.3, -0.25) is 4.90 Å². The molecule has 2 rings (SSSR count). The van der Waals surface area contributed by atoms with Gasteiger partial charge in [-0.05, 0) is 38.1 Å². The average Bonchev–Trinajstić information content (AvgIpc) is 2.42. The van der Waals surface area contributed by atoms with Crippen molar-refractivity contribution < 1.29 is 4.74 Å². The van der Waals surface area contributed by atoms with E-state index in [4.69, 9.17) is 4.74 Å². The van der Waals surface area contributed by atoms with Gasteiger partial charge in [-0.25, -0.2) is 0 Å². The van der Waals surface area contributed by atoms with Crippen molar-refractivity contribution in [2.75, 3.05) is 26.8 Å². The van der Waals surface area contributed by atoms with Crippen LogP contribution in [0.4, 0.5) is 0 Å². The summed E-state index contributed by atoms with van der Waals surface area (Å²) in [4.78, 5) is 2.43. The smallest absolute Gasteiger partial charge is 0.0637 e. The summed E-state index contributed by atoms with van der Waals surface area (Å²) in [5, 5.41) is 3.59. The number of likely N-dealkylation sites (N-methyl/N-ethyl adjacent to an activating group) is 2. The minimum Gasteiger partial charge on any atom is -0.380 e. The van der Waals surface area contributed by atoms with Crippen molar-refractivity contribution in [2.24, 2.45) is 0 Å². The van der Waals surface area contributed by atoms with Crippen LogP contribution in [0.15, 0.2) is 24.3 Å². The van der Waals surface area contributed by atoms with Gasteiger partial charge < -0.3 is 10.1 Å². The molecule has 1 aliphatic heterocycles. The third kappa shape index (κ3) is 3.78. The molecule has 0 aromatic heterocycles. The fourth-order valence-electron chi connectivity index (χ4n) is 2.83. The van der Waals surface area contributed by atoms with Gasteiger partial charge >= 0.3 is 0 Å². The molecule has 0 bridgehead atoms. The van der Waals surface area contributed by atoms with E-state index in [0.717, 1.165) is 32.7 Å². The maximum absolute atomic E-state index is 5.67. The van der Waals surface area contributed by atoms with E-state index in [9.17, 15) is 0 Å². The molecule has 0 amide bonds. The zero-order valence-electron chi connectivity index (χ0n) is 12.4. The molecule has 1 aliphatic rings. The number of nitrogens with one attached hydrogen (secondary N) is 1. The van der Waals surface area contributed by atoms with E-state index in [1.165, 1.54) is 11.1 Å². The van der Waals surface area contributed by atoms with Crippen LogP contribution in [0.2, 0.25) is 0 Å². The van der Waals surface area contributed by atoms with Gasteiger partial charge in [-0.15, -0.1) is 0 Å². The molecule has 0 aliphatic carbocycles. The number of ether oxygens (including phenoxy) is 1. The van der Waals surface area contributed by atoms with Crippen LogP contribution in [0.25, 0.3) is 0 Å². The van der Waals surface area contributed by atoms with Crippen molar-refractivity contribution in [3.8, 4) is 0 Å². The molecule has 3 nitrogen and oxygen atoms in total. The second-order valence-corrected chi connectivity index (χ2v) is 5.44. The first-order valence-corrected chi connectivity index (χ1v) is 7.28. The van der Waals surface area contributed by atoms with Gasteiger partial charge in [0.15, 0.2) is 0 Å². The number of aryl methyl sites for hydroxylation is 1. The molecule has 1 saturated heterocycles. The predicted octanol–water partition coefficient (Wildman–Crippen LogP) is 2.19. The lowest BCUT2D eigenvalue weighted by Gasteiger charge is -2.38. The fraction of sp³-hybridized carbons (Fsp3) is 0.625. The molecular formula is C16H26N2O. The maximum Gasteiger partial charge on any atom is 0.0637 e. The van der Waals surface area contributed by atoms with Gasteiger partial charge in [-0.2, -0.15) is 0 Å². The van der Waals surface area contributed by atoms with Gasteiger partial charge in [0.05, 0.1) is 6.61 Å². The summed E-state index contributed by atoms with van der Waals surface area (Å²) >= 11 is 0. The molecule has 1 N–H and O–H groups in total. The zero-order valence-corrected chi connectivity index (χ0v) is 12.4. The van der Waals surface area contributed by atoms with Crippen molar-refractivity contribution in [2.45, 2.75) is 38.9 Å². The number of rotatable bonds is 5.